The molecule has 0 N–H and O–H groups in total. The van der Waals surface area contributed by atoms with Crippen LogP contribution in [0.25, 0.3) is 4.83 Å². The predicted octanol–water partition coefficient (Wildman–Crippen LogP) is 3.49. The fourth-order valence-corrected chi connectivity index (χ4v) is 4.76. The van der Waals surface area contributed by atoms with Gasteiger partial charge in [0.25, 0.3) is 5.56 Å². The number of aromatic nitrogens is 2. The van der Waals surface area contributed by atoms with Gasteiger partial charge >= 0.3 is 0 Å². The minimum absolute atomic E-state index is 0.0991. The van der Waals surface area contributed by atoms with Crippen LogP contribution in [-0.2, 0) is 17.6 Å². The Labute approximate surface area is 162 Å². The summed E-state index contributed by atoms with van der Waals surface area (Å²) in [5.74, 6) is 0.261. The quantitative estimate of drug-likeness (QED) is 0.656. The molecule has 0 amide bonds. The molecule has 0 unspecified atom stereocenters. The molecule has 3 heterocycles. The summed E-state index contributed by atoms with van der Waals surface area (Å²) in [4.78, 5) is 28.1. The van der Waals surface area contributed by atoms with E-state index in [9.17, 15) is 9.59 Å². The highest BCUT2D eigenvalue weighted by molar-refractivity contribution is 7.20. The number of Topliss-reactive ketones (excluding diaryl/α,β-unsaturated/α-hetero) is 1. The second-order valence-corrected chi connectivity index (χ2v) is 7.98. The summed E-state index contributed by atoms with van der Waals surface area (Å²) in [5.41, 5.74) is 2.11. The second kappa shape index (κ2) is 7.64. The molecular weight excluding hydrogens is 358 g/mol. The Bertz CT molecular complexity index is 1010. The Hall–Kier alpha value is -2.47. The van der Waals surface area contributed by atoms with E-state index in [1.807, 2.05) is 31.2 Å². The number of hydrogen-bond acceptors (Lipinski definition) is 5. The number of carbonyl (C=O) groups is 1. The standard InChI is InChI=1S/C21H23N3O2S/c1-2-15-13-19(26)24-20(14-15)27-21(22-24)23-12-6-9-17(23)18(25)11-10-16-7-4-3-5-8-16/h3-5,7-8,13-14,17H,2,6,9-12H2,1H3/t17-/m1/s1. The lowest BCUT2D eigenvalue weighted by Gasteiger charge is -2.22. The smallest absolute Gasteiger partial charge is 0.272 e. The topological polar surface area (TPSA) is 54.7 Å². The Morgan fingerprint density at radius 1 is 1.22 bits per heavy atom. The number of benzene rings is 1. The molecule has 1 aliphatic heterocycles. The van der Waals surface area contributed by atoms with Gasteiger partial charge in [-0.15, -0.1) is 5.10 Å². The number of carbonyl (C=O) groups excluding carboxylic acids is 1. The van der Waals surface area contributed by atoms with Crippen molar-refractivity contribution in [1.29, 1.82) is 0 Å². The van der Waals surface area contributed by atoms with Crippen LogP contribution >= 0.6 is 11.3 Å². The summed E-state index contributed by atoms with van der Waals surface area (Å²) < 4.78 is 1.46. The lowest BCUT2D eigenvalue weighted by molar-refractivity contribution is -0.120. The highest BCUT2D eigenvalue weighted by atomic mass is 32.1. The van der Waals surface area contributed by atoms with E-state index < -0.39 is 0 Å². The summed E-state index contributed by atoms with van der Waals surface area (Å²) in [6.45, 7) is 2.85. The first kappa shape index (κ1) is 17.9. The Morgan fingerprint density at radius 3 is 2.81 bits per heavy atom. The predicted molar refractivity (Wildman–Crippen MR) is 109 cm³/mol. The van der Waals surface area contributed by atoms with E-state index in [1.54, 1.807) is 6.07 Å². The van der Waals surface area contributed by atoms with Gasteiger partial charge in [0.2, 0.25) is 5.13 Å². The van der Waals surface area contributed by atoms with Gasteiger partial charge in [-0.1, -0.05) is 48.6 Å². The molecule has 1 fully saturated rings. The summed E-state index contributed by atoms with van der Waals surface area (Å²) >= 11 is 1.50. The zero-order chi connectivity index (χ0) is 18.8. The van der Waals surface area contributed by atoms with E-state index >= 15 is 0 Å². The number of aryl methyl sites for hydroxylation is 2. The molecule has 6 heteroatoms. The minimum atomic E-state index is -0.129. The lowest BCUT2D eigenvalue weighted by atomic mass is 10.0. The van der Waals surface area contributed by atoms with Crippen molar-refractivity contribution in [1.82, 2.24) is 9.61 Å². The third kappa shape index (κ3) is 3.67. The molecule has 0 spiro atoms. The van der Waals surface area contributed by atoms with Gasteiger partial charge < -0.3 is 4.90 Å². The third-order valence-electron chi connectivity index (χ3n) is 5.20. The van der Waals surface area contributed by atoms with Gasteiger partial charge in [-0.3, -0.25) is 9.59 Å². The zero-order valence-corrected chi connectivity index (χ0v) is 16.2. The van der Waals surface area contributed by atoms with Crippen molar-refractivity contribution in [2.24, 2.45) is 0 Å². The van der Waals surface area contributed by atoms with Crippen LogP contribution < -0.4 is 10.5 Å². The van der Waals surface area contributed by atoms with Crippen molar-refractivity contribution in [3.8, 4) is 0 Å². The molecule has 1 atom stereocenters. The fraction of sp³-hybridized carbons (Fsp3) is 0.381. The van der Waals surface area contributed by atoms with E-state index in [1.165, 1.54) is 21.4 Å². The number of anilines is 1. The third-order valence-corrected chi connectivity index (χ3v) is 6.20. The number of ketones is 1. The van der Waals surface area contributed by atoms with Gasteiger partial charge in [-0.25, -0.2) is 0 Å². The first-order chi connectivity index (χ1) is 13.2. The molecule has 0 saturated carbocycles. The summed E-state index contributed by atoms with van der Waals surface area (Å²) in [6.07, 6.45) is 3.97. The van der Waals surface area contributed by atoms with E-state index in [2.05, 4.69) is 22.1 Å². The van der Waals surface area contributed by atoms with Crippen LogP contribution in [-0.4, -0.2) is 28.0 Å². The van der Waals surface area contributed by atoms with Gasteiger partial charge in [0.05, 0.1) is 6.04 Å². The van der Waals surface area contributed by atoms with Gasteiger partial charge in [-0.2, -0.15) is 4.52 Å². The number of fused-ring (bicyclic) bond motifs is 1. The Kier molecular flexibility index (Phi) is 5.07. The largest absolute Gasteiger partial charge is 0.337 e. The second-order valence-electron chi connectivity index (χ2n) is 6.99. The van der Waals surface area contributed by atoms with Gasteiger partial charge in [0.15, 0.2) is 5.78 Å². The normalized spacial score (nSPS) is 16.9. The number of pyridine rings is 1. The average Bonchev–Trinajstić information content (AvgIpc) is 3.33. The molecule has 0 aliphatic carbocycles. The van der Waals surface area contributed by atoms with Crippen molar-refractivity contribution >= 4 is 27.1 Å². The van der Waals surface area contributed by atoms with Crippen molar-refractivity contribution in [2.75, 3.05) is 11.4 Å². The molecular formula is C21H23N3O2S. The van der Waals surface area contributed by atoms with Crippen LogP contribution in [0.4, 0.5) is 5.13 Å². The maximum Gasteiger partial charge on any atom is 0.272 e. The Balaban J connectivity index is 1.54. The van der Waals surface area contributed by atoms with Crippen LogP contribution in [0.5, 0.6) is 0 Å². The first-order valence-corrected chi connectivity index (χ1v) is 10.3. The SMILES string of the molecule is CCc1cc(=O)n2nc(N3CCC[C@@H]3C(=O)CCc3ccccc3)sc2c1. The fourth-order valence-electron chi connectivity index (χ4n) is 3.69. The molecule has 1 saturated heterocycles. The van der Waals surface area contributed by atoms with E-state index in [-0.39, 0.29) is 17.4 Å². The molecule has 0 radical (unpaired) electrons. The molecule has 3 aromatic rings. The zero-order valence-electron chi connectivity index (χ0n) is 15.4. The maximum atomic E-state index is 12.9. The van der Waals surface area contributed by atoms with Crippen molar-refractivity contribution < 1.29 is 4.79 Å². The van der Waals surface area contributed by atoms with Crippen LogP contribution in [0.1, 0.15) is 37.3 Å². The average molecular weight is 382 g/mol. The molecule has 1 aromatic carbocycles. The summed E-state index contributed by atoms with van der Waals surface area (Å²) in [6, 6.07) is 13.7. The molecule has 4 rings (SSSR count). The van der Waals surface area contributed by atoms with Crippen molar-refractivity contribution in [3.63, 3.8) is 0 Å². The number of rotatable bonds is 6. The number of hydrogen-bond donors (Lipinski definition) is 0. The molecule has 27 heavy (non-hydrogen) atoms. The first-order valence-electron chi connectivity index (χ1n) is 9.52. The molecule has 1 aliphatic rings. The van der Waals surface area contributed by atoms with Gasteiger partial charge in [-0.05, 0) is 42.9 Å². The van der Waals surface area contributed by atoms with E-state index in [0.29, 0.717) is 6.42 Å². The minimum Gasteiger partial charge on any atom is -0.337 e. The van der Waals surface area contributed by atoms with Crippen LogP contribution in [0, 0.1) is 0 Å². The monoisotopic (exact) mass is 381 g/mol. The highest BCUT2D eigenvalue weighted by Gasteiger charge is 2.32. The van der Waals surface area contributed by atoms with Crippen molar-refractivity contribution in [2.45, 2.75) is 45.1 Å². The summed E-state index contributed by atoms with van der Waals surface area (Å²) in [7, 11) is 0. The van der Waals surface area contributed by atoms with Crippen LogP contribution in [0.3, 0.4) is 0 Å². The summed E-state index contributed by atoms with van der Waals surface area (Å²) in [5, 5.41) is 5.29. The van der Waals surface area contributed by atoms with Gasteiger partial charge in [0.1, 0.15) is 4.83 Å². The highest BCUT2D eigenvalue weighted by Crippen LogP contribution is 2.30. The molecule has 140 valence electrons. The van der Waals surface area contributed by atoms with Crippen LogP contribution in [0.15, 0.2) is 47.3 Å². The molecule has 2 aromatic heterocycles. The van der Waals surface area contributed by atoms with Crippen molar-refractivity contribution in [3.05, 3.63) is 63.9 Å². The number of nitrogens with zero attached hydrogens (tertiary/aromatic N) is 3. The van der Waals surface area contributed by atoms with E-state index in [4.69, 9.17) is 0 Å². The molecule has 5 nitrogen and oxygen atoms in total. The molecule has 0 bridgehead atoms. The lowest BCUT2D eigenvalue weighted by Crippen LogP contribution is -2.36. The van der Waals surface area contributed by atoms with Crippen LogP contribution in [0.2, 0.25) is 0 Å². The Morgan fingerprint density at radius 2 is 2.04 bits per heavy atom. The van der Waals surface area contributed by atoms with E-state index in [0.717, 1.165) is 47.8 Å². The maximum absolute atomic E-state index is 12.9. The van der Waals surface area contributed by atoms with Gasteiger partial charge in [0, 0.05) is 19.0 Å².